The lowest BCUT2D eigenvalue weighted by Gasteiger charge is -2.23. The summed E-state index contributed by atoms with van der Waals surface area (Å²) in [6.45, 7) is 3.92. The normalized spacial score (nSPS) is 28.5. The second-order valence-corrected chi connectivity index (χ2v) is 5.16. The molecular weight excluding hydrogens is 230 g/mol. The number of allylic oxidation sites excluding steroid dienone is 1. The molecule has 0 radical (unpaired) electrons. The lowest BCUT2D eigenvalue weighted by Crippen LogP contribution is -2.32. The Balaban J connectivity index is 2.50. The summed E-state index contributed by atoms with van der Waals surface area (Å²) in [5, 5.41) is 12.0. The minimum absolute atomic E-state index is 0.0671. The molecule has 0 heterocycles. The minimum Gasteiger partial charge on any atom is -0.356 e. The molecule has 4 heteroatoms. The third-order valence-electron chi connectivity index (χ3n) is 3.33. The van der Waals surface area contributed by atoms with E-state index in [4.69, 9.17) is 4.74 Å². The zero-order valence-electron chi connectivity index (χ0n) is 11.6. The molecule has 0 aromatic heterocycles. The number of rotatable bonds is 5. The maximum atomic E-state index is 12.0. The molecule has 0 saturated heterocycles. The SMILES string of the molecule is CNC(O)OC1/C=C/CC(C(=O)C(C)C)CCC1. The molecule has 104 valence electrons. The smallest absolute Gasteiger partial charge is 0.213 e. The van der Waals surface area contributed by atoms with Gasteiger partial charge in [-0.05, 0) is 32.7 Å². The minimum atomic E-state index is -0.924. The van der Waals surface area contributed by atoms with Crippen LogP contribution in [0.5, 0.6) is 0 Å². The monoisotopic (exact) mass is 255 g/mol. The van der Waals surface area contributed by atoms with Gasteiger partial charge in [-0.1, -0.05) is 26.0 Å². The van der Waals surface area contributed by atoms with Crippen molar-refractivity contribution in [3.05, 3.63) is 12.2 Å². The first-order valence-corrected chi connectivity index (χ1v) is 6.75. The van der Waals surface area contributed by atoms with Crippen molar-refractivity contribution in [1.29, 1.82) is 0 Å². The van der Waals surface area contributed by atoms with Gasteiger partial charge in [-0.15, -0.1) is 0 Å². The zero-order valence-corrected chi connectivity index (χ0v) is 11.6. The number of Topliss-reactive ketones (excluding diaryl/α,β-unsaturated/α-hetero) is 1. The van der Waals surface area contributed by atoms with Crippen LogP contribution in [0.4, 0.5) is 0 Å². The highest BCUT2D eigenvalue weighted by Gasteiger charge is 2.22. The van der Waals surface area contributed by atoms with Gasteiger partial charge in [-0.3, -0.25) is 10.1 Å². The van der Waals surface area contributed by atoms with E-state index >= 15 is 0 Å². The highest BCUT2D eigenvalue weighted by molar-refractivity contribution is 5.82. The van der Waals surface area contributed by atoms with Gasteiger partial charge in [0.1, 0.15) is 5.78 Å². The average molecular weight is 255 g/mol. The maximum absolute atomic E-state index is 12.0. The fourth-order valence-corrected chi connectivity index (χ4v) is 2.25. The number of aliphatic hydroxyl groups is 1. The standard InChI is InChI=1S/C14H25NO3/c1-10(2)13(16)11-6-4-8-12(9-5-7-11)18-14(17)15-3/h4,8,10-12,14-15,17H,5-7,9H2,1-3H3/b8-4+. The van der Waals surface area contributed by atoms with E-state index in [-0.39, 0.29) is 17.9 Å². The number of nitrogens with one attached hydrogen (secondary N) is 1. The van der Waals surface area contributed by atoms with Crippen LogP contribution in [0.3, 0.4) is 0 Å². The van der Waals surface area contributed by atoms with Crippen LogP contribution >= 0.6 is 0 Å². The third kappa shape index (κ3) is 4.88. The molecule has 0 amide bonds. The van der Waals surface area contributed by atoms with E-state index in [9.17, 15) is 9.90 Å². The molecule has 1 aliphatic rings. The Morgan fingerprint density at radius 1 is 1.44 bits per heavy atom. The fourth-order valence-electron chi connectivity index (χ4n) is 2.25. The molecular formula is C14H25NO3. The van der Waals surface area contributed by atoms with Crippen molar-refractivity contribution >= 4 is 5.78 Å². The highest BCUT2D eigenvalue weighted by Crippen LogP contribution is 2.23. The molecule has 0 fully saturated rings. The molecule has 0 bridgehead atoms. The van der Waals surface area contributed by atoms with Crippen molar-refractivity contribution in [3.63, 3.8) is 0 Å². The molecule has 4 nitrogen and oxygen atoms in total. The predicted octanol–water partition coefficient (Wildman–Crippen LogP) is 1.84. The van der Waals surface area contributed by atoms with Gasteiger partial charge in [0.15, 0.2) is 0 Å². The van der Waals surface area contributed by atoms with Gasteiger partial charge in [0.25, 0.3) is 0 Å². The Labute approximate surface area is 109 Å². The molecule has 0 aliphatic heterocycles. The molecule has 0 spiro atoms. The number of ether oxygens (including phenoxy) is 1. The molecule has 3 unspecified atom stereocenters. The molecule has 1 rings (SSSR count). The van der Waals surface area contributed by atoms with E-state index in [1.165, 1.54) is 0 Å². The van der Waals surface area contributed by atoms with Crippen molar-refractivity contribution in [2.75, 3.05) is 7.05 Å². The second kappa shape index (κ2) is 7.67. The summed E-state index contributed by atoms with van der Waals surface area (Å²) in [4.78, 5) is 12.0. The van der Waals surface area contributed by atoms with Crippen LogP contribution in [0.15, 0.2) is 12.2 Å². The van der Waals surface area contributed by atoms with Crippen LogP contribution in [-0.4, -0.2) is 30.5 Å². The predicted molar refractivity (Wildman–Crippen MR) is 70.9 cm³/mol. The first-order chi connectivity index (χ1) is 8.54. The summed E-state index contributed by atoms with van der Waals surface area (Å²) < 4.78 is 5.39. The van der Waals surface area contributed by atoms with E-state index in [0.717, 1.165) is 25.7 Å². The van der Waals surface area contributed by atoms with Crippen LogP contribution in [0.2, 0.25) is 0 Å². The van der Waals surface area contributed by atoms with Gasteiger partial charge < -0.3 is 9.84 Å². The Morgan fingerprint density at radius 3 is 2.78 bits per heavy atom. The van der Waals surface area contributed by atoms with Gasteiger partial charge >= 0.3 is 0 Å². The summed E-state index contributed by atoms with van der Waals surface area (Å²) in [5.74, 6) is 0.617. The molecule has 18 heavy (non-hydrogen) atoms. The molecule has 2 N–H and O–H groups in total. The molecule has 3 atom stereocenters. The number of carbonyl (C=O) groups excluding carboxylic acids is 1. The Bertz CT molecular complexity index is 289. The Morgan fingerprint density at radius 2 is 2.17 bits per heavy atom. The highest BCUT2D eigenvalue weighted by atomic mass is 16.6. The largest absolute Gasteiger partial charge is 0.356 e. The topological polar surface area (TPSA) is 58.6 Å². The lowest BCUT2D eigenvalue weighted by molar-refractivity contribution is -0.140. The van der Waals surface area contributed by atoms with Gasteiger partial charge in [-0.2, -0.15) is 0 Å². The first kappa shape index (κ1) is 15.3. The summed E-state index contributed by atoms with van der Waals surface area (Å²) in [5.41, 5.74) is 0. The molecule has 0 aromatic rings. The molecule has 1 aliphatic carbocycles. The number of hydrogen-bond donors (Lipinski definition) is 2. The van der Waals surface area contributed by atoms with E-state index in [1.807, 2.05) is 26.0 Å². The van der Waals surface area contributed by atoms with Gasteiger partial charge in [0.05, 0.1) is 6.10 Å². The summed E-state index contributed by atoms with van der Waals surface area (Å²) in [6, 6.07) is 0. The van der Waals surface area contributed by atoms with E-state index in [1.54, 1.807) is 7.05 Å². The average Bonchev–Trinajstić information content (AvgIpc) is 2.31. The lowest BCUT2D eigenvalue weighted by atomic mass is 9.86. The maximum Gasteiger partial charge on any atom is 0.213 e. The van der Waals surface area contributed by atoms with Crippen LogP contribution in [-0.2, 0) is 9.53 Å². The van der Waals surface area contributed by atoms with Crippen molar-refractivity contribution in [1.82, 2.24) is 5.32 Å². The Hall–Kier alpha value is -0.710. The number of carbonyl (C=O) groups is 1. The van der Waals surface area contributed by atoms with Gasteiger partial charge in [-0.25, -0.2) is 0 Å². The first-order valence-electron chi connectivity index (χ1n) is 6.75. The third-order valence-corrected chi connectivity index (χ3v) is 3.33. The van der Waals surface area contributed by atoms with Crippen molar-refractivity contribution in [3.8, 4) is 0 Å². The second-order valence-electron chi connectivity index (χ2n) is 5.16. The molecule has 0 aromatic carbocycles. The molecule has 0 saturated carbocycles. The van der Waals surface area contributed by atoms with Crippen molar-refractivity contribution < 1.29 is 14.6 Å². The number of aliphatic hydroxyl groups excluding tert-OH is 1. The van der Waals surface area contributed by atoms with Crippen LogP contribution in [0.1, 0.15) is 39.5 Å². The van der Waals surface area contributed by atoms with E-state index in [0.29, 0.717) is 5.78 Å². The van der Waals surface area contributed by atoms with Gasteiger partial charge in [0, 0.05) is 11.8 Å². The Kier molecular flexibility index (Phi) is 6.54. The number of ketones is 1. The van der Waals surface area contributed by atoms with Crippen LogP contribution in [0.25, 0.3) is 0 Å². The summed E-state index contributed by atoms with van der Waals surface area (Å²) in [6.07, 6.45) is 6.47. The van der Waals surface area contributed by atoms with Crippen LogP contribution < -0.4 is 5.32 Å². The summed E-state index contributed by atoms with van der Waals surface area (Å²) >= 11 is 0. The number of hydrogen-bond acceptors (Lipinski definition) is 4. The van der Waals surface area contributed by atoms with Crippen molar-refractivity contribution in [2.45, 2.75) is 52.0 Å². The van der Waals surface area contributed by atoms with E-state index in [2.05, 4.69) is 5.32 Å². The zero-order chi connectivity index (χ0) is 13.5. The van der Waals surface area contributed by atoms with Crippen LogP contribution in [0, 0.1) is 11.8 Å². The quantitative estimate of drug-likeness (QED) is 0.581. The fraction of sp³-hybridized carbons (Fsp3) is 0.786. The van der Waals surface area contributed by atoms with Gasteiger partial charge in [0.2, 0.25) is 6.41 Å². The summed E-state index contributed by atoms with van der Waals surface area (Å²) in [7, 11) is 1.65. The van der Waals surface area contributed by atoms with Crippen molar-refractivity contribution in [2.24, 2.45) is 11.8 Å². The van der Waals surface area contributed by atoms with E-state index < -0.39 is 6.41 Å².